The number of aryl methyl sites for hydroxylation is 1. The highest BCUT2D eigenvalue weighted by Crippen LogP contribution is 2.08. The van der Waals surface area contributed by atoms with Gasteiger partial charge in [0.2, 0.25) is 0 Å². The highest BCUT2D eigenvalue weighted by molar-refractivity contribution is 9.09. The van der Waals surface area contributed by atoms with Crippen molar-refractivity contribution in [3.05, 3.63) is 48.3 Å². The van der Waals surface area contributed by atoms with Crippen molar-refractivity contribution in [2.24, 2.45) is 0 Å². The average Bonchev–Trinajstić information content (AvgIpc) is 2.68. The molecule has 1 aromatic carbocycles. The normalized spacial score (nSPS) is 10.4. The maximum Gasteiger partial charge on any atom is 0.0645 e. The Morgan fingerprint density at radius 3 is 2.71 bits per heavy atom. The van der Waals surface area contributed by atoms with Gasteiger partial charge in [0.25, 0.3) is 0 Å². The Labute approximate surface area is 91.7 Å². The maximum atomic E-state index is 4.30. The van der Waals surface area contributed by atoms with Crippen molar-refractivity contribution in [2.45, 2.75) is 6.42 Å². The van der Waals surface area contributed by atoms with Gasteiger partial charge in [-0.25, -0.2) is 4.68 Å². The summed E-state index contributed by atoms with van der Waals surface area (Å²) in [6, 6.07) is 10.1. The van der Waals surface area contributed by atoms with Crippen LogP contribution in [-0.2, 0) is 6.42 Å². The molecule has 0 amide bonds. The molecular formula is C11H11BrN2. The second kappa shape index (κ2) is 4.42. The Kier molecular flexibility index (Phi) is 2.99. The van der Waals surface area contributed by atoms with Crippen molar-refractivity contribution < 1.29 is 0 Å². The zero-order valence-electron chi connectivity index (χ0n) is 7.73. The molecule has 1 aromatic heterocycles. The molecule has 2 aromatic rings. The van der Waals surface area contributed by atoms with Gasteiger partial charge in [0, 0.05) is 11.5 Å². The number of aromatic nitrogens is 2. The van der Waals surface area contributed by atoms with Crippen LogP contribution in [0.1, 0.15) is 5.56 Å². The first-order valence-electron chi connectivity index (χ1n) is 4.55. The summed E-state index contributed by atoms with van der Waals surface area (Å²) >= 11 is 3.41. The minimum atomic E-state index is 0.980. The zero-order valence-corrected chi connectivity index (χ0v) is 9.31. The lowest BCUT2D eigenvalue weighted by Crippen LogP contribution is -1.92. The molecule has 72 valence electrons. The molecule has 1 heterocycles. The topological polar surface area (TPSA) is 17.8 Å². The highest BCUT2D eigenvalue weighted by Gasteiger charge is 1.98. The number of rotatable bonds is 3. The van der Waals surface area contributed by atoms with Gasteiger partial charge in [-0.1, -0.05) is 34.1 Å². The fourth-order valence-corrected chi connectivity index (χ4v) is 1.78. The molecule has 0 radical (unpaired) electrons. The van der Waals surface area contributed by atoms with Crippen molar-refractivity contribution in [1.29, 1.82) is 0 Å². The van der Waals surface area contributed by atoms with Crippen LogP contribution >= 0.6 is 15.9 Å². The Morgan fingerprint density at radius 1 is 1.21 bits per heavy atom. The Balaban J connectivity index is 2.25. The fourth-order valence-electron chi connectivity index (χ4n) is 1.32. The smallest absolute Gasteiger partial charge is 0.0645 e. The van der Waals surface area contributed by atoms with E-state index in [0.29, 0.717) is 0 Å². The monoisotopic (exact) mass is 250 g/mol. The summed E-state index contributed by atoms with van der Waals surface area (Å²) in [5.74, 6) is 0. The van der Waals surface area contributed by atoms with Crippen LogP contribution in [0.15, 0.2) is 42.7 Å². The van der Waals surface area contributed by atoms with Gasteiger partial charge < -0.3 is 0 Å². The molecule has 0 unspecified atom stereocenters. The molecule has 0 spiro atoms. The number of hydrogen-bond acceptors (Lipinski definition) is 1. The van der Waals surface area contributed by atoms with Crippen molar-refractivity contribution >= 4 is 15.9 Å². The summed E-state index contributed by atoms with van der Waals surface area (Å²) in [6.07, 6.45) is 5.00. The number of alkyl halides is 1. The molecule has 0 saturated carbocycles. The molecule has 0 aliphatic carbocycles. The van der Waals surface area contributed by atoms with E-state index in [4.69, 9.17) is 0 Å². The third-order valence-electron chi connectivity index (χ3n) is 2.04. The van der Waals surface area contributed by atoms with E-state index >= 15 is 0 Å². The van der Waals surface area contributed by atoms with Crippen LogP contribution in [0.4, 0.5) is 0 Å². The van der Waals surface area contributed by atoms with Crippen LogP contribution in [0.3, 0.4) is 0 Å². The van der Waals surface area contributed by atoms with Gasteiger partial charge in [0.15, 0.2) is 0 Å². The van der Waals surface area contributed by atoms with E-state index < -0.39 is 0 Å². The second-order valence-corrected chi connectivity index (χ2v) is 3.86. The van der Waals surface area contributed by atoms with Gasteiger partial charge in [0.05, 0.1) is 11.9 Å². The Hall–Kier alpha value is -1.09. The first-order chi connectivity index (χ1) is 6.90. The van der Waals surface area contributed by atoms with Gasteiger partial charge in [-0.3, -0.25) is 0 Å². The SMILES string of the molecule is BrCCc1cnn(-c2ccccc2)c1. The predicted octanol–water partition coefficient (Wildman–Crippen LogP) is 2.81. The maximum absolute atomic E-state index is 4.30. The van der Waals surface area contributed by atoms with Crippen LogP contribution in [0, 0.1) is 0 Å². The first kappa shape index (κ1) is 9.46. The molecule has 0 bridgehead atoms. The van der Waals surface area contributed by atoms with Gasteiger partial charge in [-0.2, -0.15) is 5.10 Å². The summed E-state index contributed by atoms with van der Waals surface area (Å²) in [7, 11) is 0. The molecular weight excluding hydrogens is 240 g/mol. The molecule has 14 heavy (non-hydrogen) atoms. The summed E-state index contributed by atoms with van der Waals surface area (Å²) in [4.78, 5) is 0. The lowest BCUT2D eigenvalue weighted by atomic mass is 10.3. The van der Waals surface area contributed by atoms with E-state index in [0.717, 1.165) is 17.4 Å². The van der Waals surface area contributed by atoms with Crippen molar-refractivity contribution in [3.63, 3.8) is 0 Å². The Morgan fingerprint density at radius 2 is 2.00 bits per heavy atom. The summed E-state index contributed by atoms with van der Waals surface area (Å²) in [6.45, 7) is 0. The molecule has 0 atom stereocenters. The van der Waals surface area contributed by atoms with E-state index in [1.165, 1.54) is 5.56 Å². The van der Waals surface area contributed by atoms with Gasteiger partial charge >= 0.3 is 0 Å². The Bertz CT molecular complexity index is 395. The molecule has 0 aliphatic rings. The standard InChI is InChI=1S/C11H11BrN2/c12-7-6-10-8-13-14(9-10)11-4-2-1-3-5-11/h1-5,8-9H,6-7H2. The molecule has 3 heteroatoms. The van der Waals surface area contributed by atoms with Crippen molar-refractivity contribution in [2.75, 3.05) is 5.33 Å². The number of halogens is 1. The summed E-state index contributed by atoms with van der Waals surface area (Å²) in [5, 5.41) is 5.28. The van der Waals surface area contributed by atoms with Gasteiger partial charge in [-0.05, 0) is 24.1 Å². The third-order valence-corrected chi connectivity index (χ3v) is 2.44. The zero-order chi connectivity index (χ0) is 9.80. The molecule has 0 fully saturated rings. The van der Waals surface area contributed by atoms with Gasteiger partial charge in [0.1, 0.15) is 0 Å². The fraction of sp³-hybridized carbons (Fsp3) is 0.182. The molecule has 2 nitrogen and oxygen atoms in total. The van der Waals surface area contributed by atoms with E-state index in [-0.39, 0.29) is 0 Å². The van der Waals surface area contributed by atoms with E-state index in [1.807, 2.05) is 41.2 Å². The van der Waals surface area contributed by atoms with E-state index in [2.05, 4.69) is 27.2 Å². The number of para-hydroxylation sites is 1. The predicted molar refractivity (Wildman–Crippen MR) is 61.1 cm³/mol. The third kappa shape index (κ3) is 2.04. The quantitative estimate of drug-likeness (QED) is 0.767. The van der Waals surface area contributed by atoms with Gasteiger partial charge in [-0.15, -0.1) is 0 Å². The minimum Gasteiger partial charge on any atom is -0.241 e. The van der Waals surface area contributed by atoms with Crippen LogP contribution in [0.2, 0.25) is 0 Å². The van der Waals surface area contributed by atoms with Crippen LogP contribution in [0.5, 0.6) is 0 Å². The van der Waals surface area contributed by atoms with Crippen molar-refractivity contribution in [1.82, 2.24) is 9.78 Å². The first-order valence-corrected chi connectivity index (χ1v) is 5.67. The second-order valence-electron chi connectivity index (χ2n) is 3.07. The molecule has 2 rings (SSSR count). The van der Waals surface area contributed by atoms with E-state index in [9.17, 15) is 0 Å². The molecule has 0 saturated heterocycles. The summed E-state index contributed by atoms with van der Waals surface area (Å²) < 4.78 is 1.90. The lowest BCUT2D eigenvalue weighted by molar-refractivity contribution is 0.880. The van der Waals surface area contributed by atoms with E-state index in [1.54, 1.807) is 0 Å². The lowest BCUT2D eigenvalue weighted by Gasteiger charge is -1.98. The molecule has 0 aliphatic heterocycles. The minimum absolute atomic E-state index is 0.980. The van der Waals surface area contributed by atoms with Crippen LogP contribution in [0.25, 0.3) is 5.69 Å². The largest absolute Gasteiger partial charge is 0.241 e. The van der Waals surface area contributed by atoms with Crippen LogP contribution in [-0.4, -0.2) is 15.1 Å². The summed E-state index contributed by atoms with van der Waals surface area (Å²) in [5.41, 5.74) is 2.36. The highest BCUT2D eigenvalue weighted by atomic mass is 79.9. The van der Waals surface area contributed by atoms with Crippen LogP contribution < -0.4 is 0 Å². The number of nitrogens with zero attached hydrogens (tertiary/aromatic N) is 2. The molecule has 0 N–H and O–H groups in total. The number of hydrogen-bond donors (Lipinski definition) is 0. The van der Waals surface area contributed by atoms with Crippen molar-refractivity contribution in [3.8, 4) is 5.69 Å². The number of benzene rings is 1. The average molecular weight is 251 g/mol.